The van der Waals surface area contributed by atoms with Gasteiger partial charge < -0.3 is 10.6 Å². The van der Waals surface area contributed by atoms with Gasteiger partial charge >= 0.3 is 0 Å². The molecule has 2 aromatic heterocycles. The lowest BCUT2D eigenvalue weighted by molar-refractivity contribution is -0.122. The summed E-state index contributed by atoms with van der Waals surface area (Å²) in [4.78, 5) is 24.2. The molecule has 348 valence electrons. The van der Waals surface area contributed by atoms with E-state index in [1.807, 2.05) is 36.4 Å². The number of rotatable bonds is 22. The van der Waals surface area contributed by atoms with Crippen LogP contribution in [0.1, 0.15) is 96.4 Å². The summed E-state index contributed by atoms with van der Waals surface area (Å²) >= 11 is 3.39. The van der Waals surface area contributed by atoms with Gasteiger partial charge in [-0.2, -0.15) is 0 Å². The Hall–Kier alpha value is -6.05. The third-order valence-corrected chi connectivity index (χ3v) is 13.3. The van der Waals surface area contributed by atoms with Crippen LogP contribution in [0, 0.1) is 32.5 Å². The Labute approximate surface area is 403 Å². The zero-order chi connectivity index (χ0) is 46.8. The monoisotopic (exact) mass is 936 g/mol. The van der Waals surface area contributed by atoms with E-state index in [2.05, 4.69) is 128 Å². The second-order valence-electron chi connectivity index (χ2n) is 17.3. The van der Waals surface area contributed by atoms with E-state index in [0.717, 1.165) is 101 Å². The predicted octanol–water partition coefficient (Wildman–Crippen LogP) is 11.5. The standard InChI is InChI=1S/C28H29FN4OS.C26H32N4OS/c1-21-8-7-9-23(18-21)20-35-28-32-31-26(33(28)25-10-3-2-4-11-25)12-5-6-13-27(34)30-19-22-14-16-24(29)17-15-22;1-19-14-20(2)16-22(15-19)18-32-26-29-28-24(30(26)23-8-4-3-5-9-23)10-6-7-11-25(31)27-17-21-12-13-21/h2-4,7-11,14-18H,5-6,12-13,19-20H2,1H3,(H,30,34);3-5,8-9,14-16,21H,6-7,10-13,17-18H2,1-2H3,(H,27,31). The number of halogens is 1. The maximum Gasteiger partial charge on any atom is 0.220 e. The third-order valence-electron chi connectivity index (χ3n) is 11.3. The second-order valence-corrected chi connectivity index (χ2v) is 19.2. The molecule has 2 amide bonds. The van der Waals surface area contributed by atoms with Crippen molar-refractivity contribution in [3.05, 3.63) is 178 Å². The fourth-order valence-corrected chi connectivity index (χ4v) is 9.55. The number of nitrogens with zero attached hydrogens (tertiary/aromatic N) is 6. The molecule has 0 spiro atoms. The number of nitrogens with one attached hydrogen (secondary N) is 2. The highest BCUT2D eigenvalue weighted by Crippen LogP contribution is 2.29. The average molecular weight is 937 g/mol. The zero-order valence-electron chi connectivity index (χ0n) is 38.8. The van der Waals surface area contributed by atoms with Gasteiger partial charge in [0.2, 0.25) is 11.8 Å². The molecule has 1 saturated carbocycles. The molecule has 0 bridgehead atoms. The normalized spacial score (nSPS) is 12.1. The Morgan fingerprint density at radius 2 is 1.09 bits per heavy atom. The van der Waals surface area contributed by atoms with Gasteiger partial charge in [0.25, 0.3) is 0 Å². The smallest absolute Gasteiger partial charge is 0.220 e. The first kappa shape index (κ1) is 48.9. The van der Waals surface area contributed by atoms with E-state index in [4.69, 9.17) is 0 Å². The Morgan fingerprint density at radius 1 is 0.567 bits per heavy atom. The van der Waals surface area contributed by atoms with E-state index >= 15 is 0 Å². The van der Waals surface area contributed by atoms with Crippen molar-refractivity contribution >= 4 is 35.3 Å². The lowest BCUT2D eigenvalue weighted by Crippen LogP contribution is -2.25. The molecule has 0 radical (unpaired) electrons. The Morgan fingerprint density at radius 3 is 1.63 bits per heavy atom. The molecule has 0 atom stereocenters. The summed E-state index contributed by atoms with van der Waals surface area (Å²) in [7, 11) is 0. The minimum Gasteiger partial charge on any atom is -0.356 e. The van der Waals surface area contributed by atoms with Crippen LogP contribution in [0.4, 0.5) is 4.39 Å². The van der Waals surface area contributed by atoms with Crippen molar-refractivity contribution in [1.29, 1.82) is 0 Å². The van der Waals surface area contributed by atoms with Gasteiger partial charge in [-0.25, -0.2) is 4.39 Å². The summed E-state index contributed by atoms with van der Waals surface area (Å²) in [5.41, 5.74) is 9.37. The maximum atomic E-state index is 13.0. The molecule has 7 aromatic rings. The SMILES string of the molecule is Cc1cc(C)cc(CSc2nnc(CCCCC(=O)NCC3CC3)n2-c2ccccc2)c1.Cc1cccc(CSc2nnc(CCCCC(=O)NCc3ccc(F)cc3)n2-c2ccccc2)c1. The molecule has 2 N–H and O–H groups in total. The lowest BCUT2D eigenvalue weighted by Gasteiger charge is -2.11. The highest BCUT2D eigenvalue weighted by Gasteiger charge is 2.22. The number of hydrogen-bond donors (Lipinski definition) is 2. The van der Waals surface area contributed by atoms with Crippen LogP contribution < -0.4 is 10.6 Å². The number of amides is 2. The minimum absolute atomic E-state index is 0.00625. The Kier molecular flexibility index (Phi) is 18.4. The van der Waals surface area contributed by atoms with E-state index in [-0.39, 0.29) is 17.6 Å². The number of aromatic nitrogens is 6. The van der Waals surface area contributed by atoms with Crippen molar-refractivity contribution in [2.75, 3.05) is 6.54 Å². The number of hydrogen-bond acceptors (Lipinski definition) is 8. The van der Waals surface area contributed by atoms with Crippen molar-refractivity contribution in [2.24, 2.45) is 5.92 Å². The summed E-state index contributed by atoms with van der Waals surface area (Å²) in [6.45, 7) is 7.63. The predicted molar refractivity (Wildman–Crippen MR) is 268 cm³/mol. The van der Waals surface area contributed by atoms with Crippen LogP contribution in [-0.2, 0) is 40.5 Å². The quantitative estimate of drug-likeness (QED) is 0.0509. The Balaban J connectivity index is 0.000000200. The molecule has 1 aliphatic rings. The molecular formula is C54H61FN8O2S2. The van der Waals surface area contributed by atoms with Gasteiger partial charge in [-0.3, -0.25) is 18.7 Å². The molecular weight excluding hydrogens is 876 g/mol. The molecule has 10 nitrogen and oxygen atoms in total. The van der Waals surface area contributed by atoms with Crippen molar-refractivity contribution in [2.45, 2.75) is 113 Å². The molecule has 8 rings (SSSR count). The summed E-state index contributed by atoms with van der Waals surface area (Å²) in [6.07, 6.45) is 8.46. The third kappa shape index (κ3) is 15.8. The van der Waals surface area contributed by atoms with E-state index in [9.17, 15) is 14.0 Å². The highest BCUT2D eigenvalue weighted by molar-refractivity contribution is 7.98. The second kappa shape index (κ2) is 25.2. The van der Waals surface area contributed by atoms with Crippen molar-refractivity contribution < 1.29 is 14.0 Å². The van der Waals surface area contributed by atoms with Gasteiger partial charge in [0.05, 0.1) is 0 Å². The van der Waals surface area contributed by atoms with E-state index < -0.39 is 0 Å². The highest BCUT2D eigenvalue weighted by atomic mass is 32.2. The molecule has 0 unspecified atom stereocenters. The van der Waals surface area contributed by atoms with E-state index in [0.29, 0.717) is 19.4 Å². The first-order chi connectivity index (χ1) is 32.7. The number of carbonyl (C=O) groups is 2. The minimum atomic E-state index is -0.278. The number of aryl methyl sites for hydroxylation is 5. The van der Waals surface area contributed by atoms with Crippen LogP contribution in [0.5, 0.6) is 0 Å². The van der Waals surface area contributed by atoms with Crippen molar-refractivity contribution in [3.8, 4) is 11.4 Å². The number of para-hydroxylation sites is 2. The van der Waals surface area contributed by atoms with Gasteiger partial charge in [-0.15, -0.1) is 20.4 Å². The van der Waals surface area contributed by atoms with Crippen molar-refractivity contribution in [1.82, 2.24) is 40.2 Å². The molecule has 0 aliphatic heterocycles. The molecule has 13 heteroatoms. The molecule has 2 heterocycles. The van der Waals surface area contributed by atoms with Crippen LogP contribution in [0.15, 0.2) is 138 Å². The van der Waals surface area contributed by atoms with Crippen LogP contribution in [-0.4, -0.2) is 47.9 Å². The van der Waals surface area contributed by atoms with Crippen LogP contribution in [0.3, 0.4) is 0 Å². The van der Waals surface area contributed by atoms with Gasteiger partial charge in [-0.1, -0.05) is 131 Å². The number of carbonyl (C=O) groups excluding carboxylic acids is 2. The molecule has 0 saturated heterocycles. The topological polar surface area (TPSA) is 120 Å². The van der Waals surface area contributed by atoms with Crippen LogP contribution in [0.2, 0.25) is 0 Å². The number of thioether (sulfide) groups is 2. The maximum absolute atomic E-state index is 13.0. The molecule has 1 aliphatic carbocycles. The van der Waals surface area contributed by atoms with E-state index in [1.54, 1.807) is 35.7 Å². The molecule has 67 heavy (non-hydrogen) atoms. The van der Waals surface area contributed by atoms with E-state index in [1.165, 1.54) is 52.8 Å². The fourth-order valence-electron chi connectivity index (χ4n) is 7.73. The molecule has 5 aromatic carbocycles. The first-order valence-electron chi connectivity index (χ1n) is 23.3. The fraction of sp³-hybridized carbons (Fsp3) is 0.333. The number of benzene rings is 5. The van der Waals surface area contributed by atoms with Gasteiger partial charge in [-0.05, 0) is 118 Å². The lowest BCUT2D eigenvalue weighted by atomic mass is 10.1. The average Bonchev–Trinajstić information content (AvgIpc) is 3.95. The Bertz CT molecular complexity index is 2630. The summed E-state index contributed by atoms with van der Waals surface area (Å²) in [6, 6.07) is 41.8. The first-order valence-corrected chi connectivity index (χ1v) is 25.3. The largest absolute Gasteiger partial charge is 0.356 e. The summed E-state index contributed by atoms with van der Waals surface area (Å²) in [5.74, 6) is 4.14. The number of unbranched alkanes of at least 4 members (excludes halogenated alkanes) is 2. The van der Waals surface area contributed by atoms with Crippen LogP contribution >= 0.6 is 23.5 Å². The zero-order valence-corrected chi connectivity index (χ0v) is 40.4. The summed E-state index contributed by atoms with van der Waals surface area (Å²) < 4.78 is 17.3. The van der Waals surface area contributed by atoms with Gasteiger partial charge in [0.15, 0.2) is 10.3 Å². The van der Waals surface area contributed by atoms with Gasteiger partial charge in [0, 0.05) is 61.7 Å². The molecule has 1 fully saturated rings. The van der Waals surface area contributed by atoms with Crippen LogP contribution in [0.25, 0.3) is 11.4 Å². The van der Waals surface area contributed by atoms with Crippen molar-refractivity contribution in [3.63, 3.8) is 0 Å². The van der Waals surface area contributed by atoms with Gasteiger partial charge in [0.1, 0.15) is 17.5 Å². The summed E-state index contributed by atoms with van der Waals surface area (Å²) in [5, 5.41) is 25.7.